The van der Waals surface area contributed by atoms with Gasteiger partial charge in [-0.25, -0.2) is 4.79 Å². The Morgan fingerprint density at radius 1 is 1.13 bits per heavy atom. The molecule has 0 aliphatic carbocycles. The van der Waals surface area contributed by atoms with E-state index < -0.39 is 10.9 Å². The number of benzene rings is 2. The molecule has 0 amide bonds. The van der Waals surface area contributed by atoms with E-state index in [2.05, 4.69) is 5.32 Å². The summed E-state index contributed by atoms with van der Waals surface area (Å²) in [5.41, 5.74) is 0.0690. The molecule has 0 bridgehead atoms. The van der Waals surface area contributed by atoms with Crippen LogP contribution in [0.25, 0.3) is 0 Å². The Morgan fingerprint density at radius 2 is 1.70 bits per heavy atom. The number of carbonyl (C=O) groups is 1. The van der Waals surface area contributed by atoms with E-state index in [9.17, 15) is 14.9 Å². The first kappa shape index (κ1) is 15.5. The third-order valence-corrected chi connectivity index (χ3v) is 2.98. The summed E-state index contributed by atoms with van der Waals surface area (Å²) in [6, 6.07) is 11.3. The smallest absolute Gasteiger partial charge is 0.335 e. The van der Waals surface area contributed by atoms with Crippen molar-refractivity contribution in [1.29, 1.82) is 10.5 Å². The quantitative estimate of drug-likeness (QED) is 0.653. The lowest BCUT2D eigenvalue weighted by Gasteiger charge is -2.08. The lowest BCUT2D eigenvalue weighted by atomic mass is 10.1. The highest BCUT2D eigenvalue weighted by Gasteiger charge is 2.18. The molecule has 0 fully saturated rings. The summed E-state index contributed by atoms with van der Waals surface area (Å²) in [7, 11) is 0. The highest BCUT2D eigenvalue weighted by molar-refractivity contribution is 5.88. The fourth-order valence-corrected chi connectivity index (χ4v) is 1.88. The van der Waals surface area contributed by atoms with Gasteiger partial charge in [-0.2, -0.15) is 10.5 Å². The molecule has 0 radical (unpaired) electrons. The second kappa shape index (κ2) is 6.24. The molecule has 0 heterocycles. The first-order valence-corrected chi connectivity index (χ1v) is 6.19. The molecule has 0 spiro atoms. The standard InChI is InChI=1S/C15H8N4O4/c16-7-10-5-13(14(19(22)23)6-11(10)8-17)18-12-3-1-9(2-4-12)15(20)21/h1-6,18H,(H,20,21). The molecule has 0 aromatic heterocycles. The third-order valence-electron chi connectivity index (χ3n) is 2.98. The molecule has 2 aromatic carbocycles. The first-order valence-electron chi connectivity index (χ1n) is 6.19. The predicted octanol–water partition coefficient (Wildman–Crippen LogP) is 2.78. The minimum atomic E-state index is -1.09. The molecule has 8 heteroatoms. The maximum atomic E-state index is 11.1. The molecule has 0 saturated heterocycles. The van der Waals surface area contributed by atoms with Crippen molar-refractivity contribution in [2.75, 3.05) is 5.32 Å². The summed E-state index contributed by atoms with van der Waals surface area (Å²) in [6.07, 6.45) is 0. The molecule has 0 unspecified atom stereocenters. The molecule has 0 atom stereocenters. The Morgan fingerprint density at radius 3 is 2.17 bits per heavy atom. The van der Waals surface area contributed by atoms with E-state index in [1.807, 2.05) is 0 Å². The van der Waals surface area contributed by atoms with Gasteiger partial charge in [-0.1, -0.05) is 0 Å². The van der Waals surface area contributed by atoms with Crippen LogP contribution in [0.3, 0.4) is 0 Å². The predicted molar refractivity (Wildman–Crippen MR) is 79.2 cm³/mol. The van der Waals surface area contributed by atoms with Crippen molar-refractivity contribution in [3.63, 3.8) is 0 Å². The van der Waals surface area contributed by atoms with E-state index >= 15 is 0 Å². The van der Waals surface area contributed by atoms with Crippen molar-refractivity contribution in [2.24, 2.45) is 0 Å². The highest BCUT2D eigenvalue weighted by Crippen LogP contribution is 2.30. The van der Waals surface area contributed by atoms with Crippen molar-refractivity contribution in [1.82, 2.24) is 0 Å². The number of aromatic carboxylic acids is 1. The second-order valence-electron chi connectivity index (χ2n) is 4.40. The van der Waals surface area contributed by atoms with Gasteiger partial charge in [-0.05, 0) is 30.3 Å². The number of nitro benzene ring substituents is 1. The van der Waals surface area contributed by atoms with Crippen LogP contribution in [0, 0.1) is 32.8 Å². The van der Waals surface area contributed by atoms with Gasteiger partial charge < -0.3 is 10.4 Å². The fraction of sp³-hybridized carbons (Fsp3) is 0. The minimum absolute atomic E-state index is 0.00255. The molecule has 0 aliphatic rings. The van der Waals surface area contributed by atoms with Crippen LogP contribution >= 0.6 is 0 Å². The minimum Gasteiger partial charge on any atom is -0.478 e. The molecule has 2 N–H and O–H groups in total. The van der Waals surface area contributed by atoms with Crippen LogP contribution < -0.4 is 5.32 Å². The number of carboxylic acids is 1. The van der Waals surface area contributed by atoms with Crippen LogP contribution in [-0.2, 0) is 0 Å². The first-order chi connectivity index (χ1) is 11.0. The molecule has 8 nitrogen and oxygen atoms in total. The number of hydrogen-bond donors (Lipinski definition) is 2. The number of nitro groups is 1. The van der Waals surface area contributed by atoms with Crippen LogP contribution in [0.15, 0.2) is 36.4 Å². The van der Waals surface area contributed by atoms with Crippen molar-refractivity contribution in [2.45, 2.75) is 0 Å². The van der Waals surface area contributed by atoms with E-state index in [1.54, 1.807) is 12.1 Å². The van der Waals surface area contributed by atoms with Crippen molar-refractivity contribution in [3.05, 3.63) is 63.2 Å². The van der Waals surface area contributed by atoms with E-state index in [1.165, 1.54) is 30.3 Å². The average molecular weight is 308 g/mol. The van der Waals surface area contributed by atoms with Crippen LogP contribution in [0.5, 0.6) is 0 Å². The zero-order valence-corrected chi connectivity index (χ0v) is 11.5. The van der Waals surface area contributed by atoms with Gasteiger partial charge in [0.25, 0.3) is 5.69 Å². The van der Waals surface area contributed by atoms with Gasteiger partial charge in [0.15, 0.2) is 0 Å². The zero-order valence-electron chi connectivity index (χ0n) is 11.5. The highest BCUT2D eigenvalue weighted by atomic mass is 16.6. The molecular formula is C15H8N4O4. The lowest BCUT2D eigenvalue weighted by molar-refractivity contribution is -0.383. The molecule has 0 aliphatic heterocycles. The Hall–Kier alpha value is -3.91. The van der Waals surface area contributed by atoms with Crippen molar-refractivity contribution >= 4 is 23.0 Å². The number of nitriles is 2. The number of carboxylic acid groups (broad SMARTS) is 1. The third kappa shape index (κ3) is 3.23. The van der Waals surface area contributed by atoms with Gasteiger partial charge in [0, 0.05) is 11.8 Å². The Labute approximate surface area is 130 Å². The summed E-state index contributed by atoms with van der Waals surface area (Å²) >= 11 is 0. The summed E-state index contributed by atoms with van der Waals surface area (Å²) in [4.78, 5) is 21.2. The number of nitrogens with one attached hydrogen (secondary N) is 1. The van der Waals surface area contributed by atoms with Crippen LogP contribution in [0.4, 0.5) is 17.1 Å². The number of anilines is 2. The average Bonchev–Trinajstić information content (AvgIpc) is 2.54. The largest absolute Gasteiger partial charge is 0.478 e. The van der Waals surface area contributed by atoms with Gasteiger partial charge in [-0.15, -0.1) is 0 Å². The molecule has 2 aromatic rings. The maximum absolute atomic E-state index is 11.1. The maximum Gasteiger partial charge on any atom is 0.335 e. The normalized spacial score (nSPS) is 9.48. The second-order valence-corrected chi connectivity index (χ2v) is 4.40. The summed E-state index contributed by atoms with van der Waals surface area (Å²) in [6.45, 7) is 0. The molecule has 0 saturated carbocycles. The number of nitrogens with zero attached hydrogens (tertiary/aromatic N) is 3. The Balaban J connectivity index is 2.46. The van der Waals surface area contributed by atoms with Gasteiger partial charge >= 0.3 is 5.97 Å². The number of rotatable bonds is 4. The molecule has 2 rings (SSSR count). The summed E-state index contributed by atoms with van der Waals surface area (Å²) < 4.78 is 0. The topological polar surface area (TPSA) is 140 Å². The van der Waals surface area contributed by atoms with E-state index in [0.29, 0.717) is 5.69 Å². The zero-order chi connectivity index (χ0) is 17.0. The Bertz CT molecular complexity index is 876. The number of hydrogen-bond acceptors (Lipinski definition) is 6. The summed E-state index contributed by atoms with van der Waals surface area (Å²) in [5.74, 6) is -1.09. The van der Waals surface area contributed by atoms with Crippen molar-refractivity contribution < 1.29 is 14.8 Å². The molecule has 112 valence electrons. The van der Waals surface area contributed by atoms with Gasteiger partial charge in [0.05, 0.1) is 21.6 Å². The van der Waals surface area contributed by atoms with Gasteiger partial charge in [-0.3, -0.25) is 10.1 Å². The lowest BCUT2D eigenvalue weighted by Crippen LogP contribution is -2.00. The van der Waals surface area contributed by atoms with Gasteiger partial charge in [0.2, 0.25) is 0 Å². The van der Waals surface area contributed by atoms with Crippen LogP contribution in [0.2, 0.25) is 0 Å². The molecular weight excluding hydrogens is 300 g/mol. The summed E-state index contributed by atoms with van der Waals surface area (Å²) in [5, 5.41) is 40.6. The molecule has 23 heavy (non-hydrogen) atoms. The monoisotopic (exact) mass is 308 g/mol. The van der Waals surface area contributed by atoms with Crippen molar-refractivity contribution in [3.8, 4) is 12.1 Å². The van der Waals surface area contributed by atoms with E-state index in [4.69, 9.17) is 15.6 Å². The van der Waals surface area contributed by atoms with E-state index in [0.717, 1.165) is 6.07 Å². The fourth-order valence-electron chi connectivity index (χ4n) is 1.88. The van der Waals surface area contributed by atoms with E-state index in [-0.39, 0.29) is 28.1 Å². The van der Waals surface area contributed by atoms with Gasteiger partial charge in [0.1, 0.15) is 17.8 Å². The van der Waals surface area contributed by atoms with Crippen LogP contribution in [0.1, 0.15) is 21.5 Å². The van der Waals surface area contributed by atoms with Crippen LogP contribution in [-0.4, -0.2) is 16.0 Å². The Kier molecular flexibility index (Phi) is 4.20. The SMILES string of the molecule is N#Cc1cc(Nc2ccc(C(=O)O)cc2)c([N+](=O)[O-])cc1C#N.